The first-order chi connectivity index (χ1) is 9.43. The summed E-state index contributed by atoms with van der Waals surface area (Å²) in [6, 6.07) is 7.06. The third-order valence-electron chi connectivity index (χ3n) is 2.52. The van der Waals surface area contributed by atoms with Gasteiger partial charge in [-0.1, -0.05) is 39.7 Å². The summed E-state index contributed by atoms with van der Waals surface area (Å²) in [6.07, 6.45) is -0.0333. The Labute approximate surface area is 130 Å². The maximum atomic E-state index is 11.8. The van der Waals surface area contributed by atoms with E-state index in [1.54, 1.807) is 31.2 Å². The molecule has 0 saturated heterocycles. The van der Waals surface area contributed by atoms with E-state index >= 15 is 0 Å². The minimum Gasteiger partial charge on any atom is -0.460 e. The van der Waals surface area contributed by atoms with Crippen LogP contribution in [0.25, 0.3) is 0 Å². The van der Waals surface area contributed by atoms with Crippen LogP contribution in [0.1, 0.15) is 18.9 Å². The molecular formula is C14H14BrClO4. The molecule has 1 rings (SSSR count). The van der Waals surface area contributed by atoms with E-state index in [4.69, 9.17) is 11.6 Å². The van der Waals surface area contributed by atoms with Gasteiger partial charge in [-0.05, 0) is 31.0 Å². The van der Waals surface area contributed by atoms with Gasteiger partial charge in [0.2, 0.25) is 5.78 Å². The summed E-state index contributed by atoms with van der Waals surface area (Å²) in [6.45, 7) is 1.71. The van der Waals surface area contributed by atoms with Gasteiger partial charge in [0.15, 0.2) is 5.78 Å². The van der Waals surface area contributed by atoms with Crippen molar-refractivity contribution in [2.45, 2.75) is 24.6 Å². The number of carbonyl (C=O) groups is 3. The number of hydrogen-bond donors (Lipinski definition) is 0. The van der Waals surface area contributed by atoms with Crippen LogP contribution in [0.2, 0.25) is 5.02 Å². The van der Waals surface area contributed by atoms with Crippen LogP contribution in [0.3, 0.4) is 0 Å². The van der Waals surface area contributed by atoms with Gasteiger partial charge in [0.05, 0.1) is 17.9 Å². The second-order valence-electron chi connectivity index (χ2n) is 4.08. The molecule has 0 aliphatic heterocycles. The molecule has 0 radical (unpaired) electrons. The lowest BCUT2D eigenvalue weighted by Gasteiger charge is -2.08. The van der Waals surface area contributed by atoms with Crippen LogP contribution in [0.15, 0.2) is 24.3 Å². The Morgan fingerprint density at radius 1 is 1.25 bits per heavy atom. The number of hydrogen-bond acceptors (Lipinski definition) is 4. The number of esters is 1. The lowest BCUT2D eigenvalue weighted by molar-refractivity contribution is -0.154. The van der Waals surface area contributed by atoms with E-state index in [0.29, 0.717) is 11.4 Å². The lowest BCUT2D eigenvalue weighted by Crippen LogP contribution is -2.25. The van der Waals surface area contributed by atoms with Crippen LogP contribution in [0.4, 0.5) is 0 Å². The van der Waals surface area contributed by atoms with Gasteiger partial charge in [-0.2, -0.15) is 0 Å². The second-order valence-corrected chi connectivity index (χ2v) is 5.63. The fourth-order valence-corrected chi connectivity index (χ4v) is 2.16. The van der Waals surface area contributed by atoms with Crippen molar-refractivity contribution in [1.82, 2.24) is 0 Å². The molecule has 4 nitrogen and oxygen atoms in total. The number of ether oxygens (including phenoxy) is 1. The van der Waals surface area contributed by atoms with E-state index in [1.165, 1.54) is 0 Å². The Morgan fingerprint density at radius 2 is 1.85 bits per heavy atom. The molecule has 0 aliphatic rings. The molecule has 1 unspecified atom stereocenters. The maximum Gasteiger partial charge on any atom is 0.375 e. The molecule has 0 aromatic heterocycles. The lowest BCUT2D eigenvalue weighted by atomic mass is 10.0. The summed E-state index contributed by atoms with van der Waals surface area (Å²) in [7, 11) is 0. The molecule has 0 bridgehead atoms. The monoisotopic (exact) mass is 360 g/mol. The van der Waals surface area contributed by atoms with E-state index in [2.05, 4.69) is 20.7 Å². The highest BCUT2D eigenvalue weighted by molar-refractivity contribution is 9.10. The Hall–Kier alpha value is -1.20. The zero-order chi connectivity index (χ0) is 15.1. The number of benzene rings is 1. The summed E-state index contributed by atoms with van der Waals surface area (Å²) < 4.78 is 4.55. The van der Waals surface area contributed by atoms with E-state index in [0.717, 1.165) is 5.56 Å². The van der Waals surface area contributed by atoms with Gasteiger partial charge in [0, 0.05) is 5.02 Å². The Kier molecular flexibility index (Phi) is 6.88. The number of halogens is 2. The molecule has 108 valence electrons. The van der Waals surface area contributed by atoms with Crippen molar-refractivity contribution in [1.29, 1.82) is 0 Å². The fourth-order valence-electron chi connectivity index (χ4n) is 1.49. The van der Waals surface area contributed by atoms with Crippen LogP contribution in [-0.4, -0.2) is 29.0 Å². The zero-order valence-electron chi connectivity index (χ0n) is 10.9. The minimum absolute atomic E-state index is 0.112. The Morgan fingerprint density at radius 3 is 2.40 bits per heavy atom. The summed E-state index contributed by atoms with van der Waals surface area (Å²) in [5.41, 5.74) is 0.910. The van der Waals surface area contributed by atoms with Gasteiger partial charge in [-0.15, -0.1) is 0 Å². The van der Waals surface area contributed by atoms with Crippen LogP contribution in [0, 0.1) is 0 Å². The maximum absolute atomic E-state index is 11.8. The third-order valence-corrected chi connectivity index (χ3v) is 3.60. The van der Waals surface area contributed by atoms with Crippen LogP contribution in [-0.2, 0) is 25.5 Å². The van der Waals surface area contributed by atoms with Crippen LogP contribution < -0.4 is 0 Å². The molecule has 0 fully saturated rings. The molecule has 6 heteroatoms. The van der Waals surface area contributed by atoms with Gasteiger partial charge in [0.1, 0.15) is 0 Å². The average Bonchev–Trinajstić information content (AvgIpc) is 2.41. The summed E-state index contributed by atoms with van der Waals surface area (Å²) in [5.74, 6) is -2.14. The predicted molar refractivity (Wildman–Crippen MR) is 79.1 cm³/mol. The highest BCUT2D eigenvalue weighted by Gasteiger charge is 2.23. The smallest absolute Gasteiger partial charge is 0.375 e. The molecule has 1 atom stereocenters. The Balaban J connectivity index is 2.52. The minimum atomic E-state index is -0.966. The molecule has 1 aromatic carbocycles. The largest absolute Gasteiger partial charge is 0.460 e. The zero-order valence-corrected chi connectivity index (χ0v) is 13.2. The first-order valence-corrected chi connectivity index (χ1v) is 7.34. The van der Waals surface area contributed by atoms with Crippen molar-refractivity contribution in [2.24, 2.45) is 0 Å². The molecule has 0 N–H and O–H groups in total. The predicted octanol–water partition coefficient (Wildman–Crippen LogP) is 2.74. The topological polar surface area (TPSA) is 60.4 Å². The van der Waals surface area contributed by atoms with Gasteiger partial charge >= 0.3 is 5.97 Å². The Bertz CT molecular complexity index is 498. The first-order valence-electron chi connectivity index (χ1n) is 6.05. The van der Waals surface area contributed by atoms with Crippen molar-refractivity contribution in [2.75, 3.05) is 6.61 Å². The average molecular weight is 362 g/mol. The number of carbonyl (C=O) groups excluding carboxylic acids is 3. The highest BCUT2D eigenvalue weighted by Crippen LogP contribution is 2.15. The van der Waals surface area contributed by atoms with E-state index in [9.17, 15) is 14.4 Å². The second kappa shape index (κ2) is 8.17. The molecule has 20 heavy (non-hydrogen) atoms. The van der Waals surface area contributed by atoms with Crippen molar-refractivity contribution in [3.63, 3.8) is 0 Å². The summed E-state index contributed by atoms with van der Waals surface area (Å²) >= 11 is 9.00. The van der Waals surface area contributed by atoms with E-state index in [-0.39, 0.29) is 12.4 Å². The summed E-state index contributed by atoms with van der Waals surface area (Å²) in [5, 5.41) is 0.615. The molecule has 0 amide bonds. The molecule has 1 aromatic rings. The standard InChI is InChI=1S/C14H14BrClO4/c1-2-20-14(19)13(18)8-12(17)11(15)7-9-3-5-10(16)6-4-9/h3-6,11H,2,7-8H2,1H3. The van der Waals surface area contributed by atoms with E-state index < -0.39 is 23.0 Å². The van der Waals surface area contributed by atoms with Gasteiger partial charge in [-0.3, -0.25) is 9.59 Å². The van der Waals surface area contributed by atoms with Crippen molar-refractivity contribution in [3.8, 4) is 0 Å². The first kappa shape index (κ1) is 16.9. The van der Waals surface area contributed by atoms with Crippen LogP contribution >= 0.6 is 27.5 Å². The van der Waals surface area contributed by atoms with E-state index in [1.807, 2.05) is 0 Å². The fraction of sp³-hybridized carbons (Fsp3) is 0.357. The van der Waals surface area contributed by atoms with Crippen molar-refractivity contribution < 1.29 is 19.1 Å². The van der Waals surface area contributed by atoms with Gasteiger partial charge in [-0.25, -0.2) is 4.79 Å². The van der Waals surface area contributed by atoms with Gasteiger partial charge in [0.25, 0.3) is 0 Å². The number of ketones is 2. The SMILES string of the molecule is CCOC(=O)C(=O)CC(=O)C(Br)Cc1ccc(Cl)cc1. The number of rotatable bonds is 7. The quantitative estimate of drug-likeness (QED) is 0.324. The molecule has 0 heterocycles. The normalized spacial score (nSPS) is 11.8. The number of Topliss-reactive ketones (excluding diaryl/α,β-unsaturated/α-hetero) is 2. The summed E-state index contributed by atoms with van der Waals surface area (Å²) in [4.78, 5) is 33.9. The van der Waals surface area contributed by atoms with Gasteiger partial charge < -0.3 is 4.74 Å². The highest BCUT2D eigenvalue weighted by atomic mass is 79.9. The molecule has 0 spiro atoms. The third kappa shape index (κ3) is 5.43. The van der Waals surface area contributed by atoms with Crippen LogP contribution in [0.5, 0.6) is 0 Å². The van der Waals surface area contributed by atoms with Crippen molar-refractivity contribution in [3.05, 3.63) is 34.9 Å². The van der Waals surface area contributed by atoms with Crippen molar-refractivity contribution >= 4 is 45.1 Å². The molecule has 0 saturated carbocycles. The number of alkyl halides is 1. The molecule has 0 aliphatic carbocycles. The molecular weight excluding hydrogens is 348 g/mol.